The van der Waals surface area contributed by atoms with E-state index in [1.165, 1.54) is 82.8 Å². The standard InChI is InChI=1S/C42H31N/c1-2-14-32(15-3-1)43-39-21-11-10-16-33(39)38-27-31(24-25-40(38)43)42-36-19-8-6-17-34(36)41(35-18-7-9-20-37(35)42)30-23-22-28-12-4-5-13-29(28)26-30/h1-3,5-6,8-11,13-17,19-27H,4,7,12,18H2. The molecule has 1 heteroatoms. The largest absolute Gasteiger partial charge is 0.309 e. The summed E-state index contributed by atoms with van der Waals surface area (Å²) in [5.41, 5.74) is 14.7. The Balaban J connectivity index is 1.33. The fourth-order valence-electron chi connectivity index (χ4n) is 7.59. The van der Waals surface area contributed by atoms with Gasteiger partial charge < -0.3 is 4.57 Å². The summed E-state index contributed by atoms with van der Waals surface area (Å²) in [6, 6.07) is 42.9. The molecule has 0 saturated carbocycles. The molecule has 6 aromatic carbocycles. The number of hydrogen-bond acceptors (Lipinski definition) is 0. The molecule has 0 fully saturated rings. The average molecular weight is 550 g/mol. The number of aromatic nitrogens is 1. The predicted octanol–water partition coefficient (Wildman–Crippen LogP) is 11.2. The van der Waals surface area contributed by atoms with Crippen molar-refractivity contribution in [2.75, 3.05) is 0 Å². The molecule has 0 saturated heterocycles. The number of benzene rings is 6. The number of nitrogens with zero attached hydrogens (tertiary/aromatic N) is 1. The van der Waals surface area contributed by atoms with Crippen molar-refractivity contribution in [3.63, 3.8) is 0 Å². The van der Waals surface area contributed by atoms with Gasteiger partial charge >= 0.3 is 0 Å². The van der Waals surface area contributed by atoms with Crippen molar-refractivity contribution in [2.45, 2.75) is 25.7 Å². The van der Waals surface area contributed by atoms with Gasteiger partial charge in [0.05, 0.1) is 11.0 Å². The fraction of sp³-hybridized carbons (Fsp3) is 0.0952. The lowest BCUT2D eigenvalue weighted by atomic mass is 9.79. The number of allylic oxidation sites excluding steroid dienone is 2. The molecule has 43 heavy (non-hydrogen) atoms. The van der Waals surface area contributed by atoms with E-state index >= 15 is 0 Å². The zero-order valence-corrected chi connectivity index (χ0v) is 24.1. The van der Waals surface area contributed by atoms with Crippen LogP contribution in [-0.4, -0.2) is 4.57 Å². The molecule has 9 rings (SSSR count). The maximum atomic E-state index is 2.44. The van der Waals surface area contributed by atoms with Crippen LogP contribution in [0.1, 0.15) is 35.1 Å². The highest BCUT2D eigenvalue weighted by Gasteiger charge is 2.23. The van der Waals surface area contributed by atoms with Crippen molar-refractivity contribution in [1.82, 2.24) is 4.57 Å². The van der Waals surface area contributed by atoms with E-state index in [2.05, 4.69) is 144 Å². The Morgan fingerprint density at radius 1 is 0.488 bits per heavy atom. The second-order valence-electron chi connectivity index (χ2n) is 11.9. The van der Waals surface area contributed by atoms with E-state index in [0.29, 0.717) is 0 Å². The van der Waals surface area contributed by atoms with E-state index in [-0.39, 0.29) is 0 Å². The lowest BCUT2D eigenvalue weighted by Gasteiger charge is -2.24. The van der Waals surface area contributed by atoms with Crippen LogP contribution in [0.4, 0.5) is 0 Å². The molecule has 0 atom stereocenters. The molecule has 0 spiro atoms. The van der Waals surface area contributed by atoms with Gasteiger partial charge in [-0.25, -0.2) is 0 Å². The maximum absolute atomic E-state index is 2.44. The normalized spacial score (nSPS) is 14.0. The van der Waals surface area contributed by atoms with Gasteiger partial charge in [0, 0.05) is 16.5 Å². The van der Waals surface area contributed by atoms with E-state index < -0.39 is 0 Å². The highest BCUT2D eigenvalue weighted by atomic mass is 15.0. The van der Waals surface area contributed by atoms with Crippen LogP contribution in [-0.2, 0) is 12.8 Å². The fourth-order valence-corrected chi connectivity index (χ4v) is 7.59. The molecule has 204 valence electrons. The third-order valence-corrected chi connectivity index (χ3v) is 9.50. The third-order valence-electron chi connectivity index (χ3n) is 9.50. The summed E-state index contributed by atoms with van der Waals surface area (Å²) >= 11 is 0. The predicted molar refractivity (Wildman–Crippen MR) is 184 cm³/mol. The van der Waals surface area contributed by atoms with Crippen molar-refractivity contribution in [3.8, 4) is 27.9 Å². The molecule has 2 aliphatic carbocycles. The second kappa shape index (κ2) is 9.71. The summed E-state index contributed by atoms with van der Waals surface area (Å²) in [4.78, 5) is 0. The lowest BCUT2D eigenvalue weighted by molar-refractivity contribution is 0.983. The Kier molecular flexibility index (Phi) is 5.52. The minimum absolute atomic E-state index is 1.06. The molecular formula is C42H31N. The smallest absolute Gasteiger partial charge is 0.0541 e. The maximum Gasteiger partial charge on any atom is 0.0541 e. The Hall–Kier alpha value is -5.14. The molecule has 0 aliphatic heterocycles. The molecule has 0 unspecified atom stereocenters. The number of para-hydroxylation sites is 2. The molecule has 0 radical (unpaired) electrons. The molecule has 2 aliphatic rings. The first-order valence-electron chi connectivity index (χ1n) is 15.5. The third kappa shape index (κ3) is 3.78. The molecule has 1 heterocycles. The number of hydrogen-bond donors (Lipinski definition) is 0. The van der Waals surface area contributed by atoms with Crippen LogP contribution in [0.5, 0.6) is 0 Å². The van der Waals surface area contributed by atoms with Crippen LogP contribution in [0, 0.1) is 0 Å². The summed E-state index contributed by atoms with van der Waals surface area (Å²) in [5, 5.41) is 5.25. The van der Waals surface area contributed by atoms with Gasteiger partial charge in [-0.15, -0.1) is 0 Å². The summed E-state index contributed by atoms with van der Waals surface area (Å²) in [7, 11) is 0. The van der Waals surface area contributed by atoms with Crippen molar-refractivity contribution >= 4 is 44.7 Å². The Labute approximate surface area is 252 Å². The van der Waals surface area contributed by atoms with Gasteiger partial charge in [0.25, 0.3) is 0 Å². The molecule has 7 aromatic rings. The first kappa shape index (κ1) is 24.5. The van der Waals surface area contributed by atoms with Crippen molar-refractivity contribution in [2.24, 2.45) is 0 Å². The van der Waals surface area contributed by atoms with Crippen molar-refractivity contribution in [1.29, 1.82) is 0 Å². The number of aryl methyl sites for hydroxylation is 1. The van der Waals surface area contributed by atoms with Gasteiger partial charge in [0.1, 0.15) is 0 Å². The minimum atomic E-state index is 1.06. The molecule has 0 bridgehead atoms. The van der Waals surface area contributed by atoms with Crippen LogP contribution in [0.3, 0.4) is 0 Å². The van der Waals surface area contributed by atoms with Gasteiger partial charge in [0.2, 0.25) is 0 Å². The quantitative estimate of drug-likeness (QED) is 0.207. The van der Waals surface area contributed by atoms with E-state index in [9.17, 15) is 0 Å². The molecule has 0 N–H and O–H groups in total. The summed E-state index contributed by atoms with van der Waals surface area (Å²) in [5.74, 6) is 0. The van der Waals surface area contributed by atoms with Gasteiger partial charge in [0.15, 0.2) is 0 Å². The average Bonchev–Trinajstić information content (AvgIpc) is 3.41. The lowest BCUT2D eigenvalue weighted by Crippen LogP contribution is -2.03. The Morgan fingerprint density at radius 3 is 2.05 bits per heavy atom. The Morgan fingerprint density at radius 2 is 1.16 bits per heavy atom. The first-order chi connectivity index (χ1) is 21.3. The topological polar surface area (TPSA) is 4.93 Å². The number of fused-ring (bicyclic) bond motifs is 6. The van der Waals surface area contributed by atoms with Gasteiger partial charge in [-0.3, -0.25) is 0 Å². The highest BCUT2D eigenvalue weighted by Crippen LogP contribution is 2.46. The van der Waals surface area contributed by atoms with Crippen LogP contribution in [0.25, 0.3) is 72.7 Å². The summed E-state index contributed by atoms with van der Waals surface area (Å²) < 4.78 is 2.40. The van der Waals surface area contributed by atoms with Gasteiger partial charge in [-0.1, -0.05) is 103 Å². The molecule has 0 amide bonds. The highest BCUT2D eigenvalue weighted by molar-refractivity contribution is 6.14. The Bertz CT molecular complexity index is 2280. The number of rotatable bonds is 3. The summed E-state index contributed by atoms with van der Waals surface area (Å²) in [6.07, 6.45) is 13.8. The van der Waals surface area contributed by atoms with Gasteiger partial charge in [-0.05, 0) is 117 Å². The first-order valence-corrected chi connectivity index (χ1v) is 15.5. The zero-order valence-electron chi connectivity index (χ0n) is 24.1. The van der Waals surface area contributed by atoms with Gasteiger partial charge in [-0.2, -0.15) is 0 Å². The van der Waals surface area contributed by atoms with E-state index in [4.69, 9.17) is 0 Å². The molecule has 1 nitrogen and oxygen atoms in total. The van der Waals surface area contributed by atoms with E-state index in [1.54, 1.807) is 0 Å². The van der Waals surface area contributed by atoms with Crippen LogP contribution >= 0.6 is 0 Å². The van der Waals surface area contributed by atoms with Crippen LogP contribution in [0.2, 0.25) is 0 Å². The zero-order chi connectivity index (χ0) is 28.3. The van der Waals surface area contributed by atoms with Crippen LogP contribution in [0.15, 0.2) is 127 Å². The van der Waals surface area contributed by atoms with E-state index in [0.717, 1.165) is 25.7 Å². The second-order valence-corrected chi connectivity index (χ2v) is 11.9. The minimum Gasteiger partial charge on any atom is -0.309 e. The monoisotopic (exact) mass is 549 g/mol. The van der Waals surface area contributed by atoms with E-state index in [1.807, 2.05) is 0 Å². The summed E-state index contributed by atoms with van der Waals surface area (Å²) in [6.45, 7) is 0. The van der Waals surface area contributed by atoms with Crippen LogP contribution < -0.4 is 0 Å². The van der Waals surface area contributed by atoms with Crippen molar-refractivity contribution < 1.29 is 0 Å². The van der Waals surface area contributed by atoms with Crippen molar-refractivity contribution in [3.05, 3.63) is 150 Å². The molecular weight excluding hydrogens is 518 g/mol. The SMILES string of the molecule is C1=Cc2cc(-c3c4c(c(-c5ccc6c(c5)c5ccccc5n6-c5ccccc5)c5ccccc35)C=CCC4)ccc2CC1. The molecule has 1 aromatic heterocycles.